The van der Waals surface area contributed by atoms with Crippen molar-refractivity contribution in [1.82, 2.24) is 24.8 Å². The number of hydrogen-bond acceptors (Lipinski definition) is 10. The van der Waals surface area contributed by atoms with Crippen LogP contribution in [0.1, 0.15) is 32.3 Å². The first kappa shape index (κ1) is 31.9. The molecule has 10 nitrogen and oxygen atoms in total. The predicted molar refractivity (Wildman–Crippen MR) is 189 cm³/mol. The van der Waals surface area contributed by atoms with Crippen molar-refractivity contribution >= 4 is 69.0 Å². The second-order valence-corrected chi connectivity index (χ2v) is 15.9. The van der Waals surface area contributed by atoms with E-state index in [2.05, 4.69) is 83.7 Å². The number of nitrogens with zero attached hydrogens (tertiary/aromatic N) is 6. The van der Waals surface area contributed by atoms with Gasteiger partial charge in [-0.15, -0.1) is 0 Å². The van der Waals surface area contributed by atoms with Crippen molar-refractivity contribution in [2.45, 2.75) is 45.3 Å². The highest BCUT2D eigenvalue weighted by molar-refractivity contribution is 9.10. The lowest BCUT2D eigenvalue weighted by atomic mass is 9.82. The number of anilines is 5. The fraction of sp³-hybridized carbons (Fsp3) is 0.455. The van der Waals surface area contributed by atoms with E-state index in [9.17, 15) is 5.11 Å². The Morgan fingerprint density at radius 1 is 1.02 bits per heavy atom. The molecule has 0 saturated carbocycles. The summed E-state index contributed by atoms with van der Waals surface area (Å²) in [4.78, 5) is 23.5. The van der Waals surface area contributed by atoms with Crippen LogP contribution in [0.25, 0.3) is 11.0 Å². The molecule has 3 N–H and O–H groups in total. The Hall–Kier alpha value is -3.11. The molecule has 2 aliphatic rings. The monoisotopic (exact) mass is 692 g/mol. The number of rotatable bonds is 9. The van der Waals surface area contributed by atoms with E-state index in [1.54, 1.807) is 25.7 Å². The molecule has 2 aromatic heterocycles. The summed E-state index contributed by atoms with van der Waals surface area (Å²) in [5, 5.41) is 18.4. The lowest BCUT2D eigenvalue weighted by Crippen LogP contribution is -2.60. The van der Waals surface area contributed by atoms with E-state index < -0.39 is 13.5 Å². The summed E-state index contributed by atoms with van der Waals surface area (Å²) in [5.74, 6) is 2.23. The second kappa shape index (κ2) is 12.9. The van der Waals surface area contributed by atoms with Crippen molar-refractivity contribution < 1.29 is 9.84 Å². The first-order valence-electron chi connectivity index (χ1n) is 15.4. The standard InChI is InChI=1S/C33H42BrN8O2P/c1-20-15-26(28(44-4)16-27(20)41-13-9-22(10-14-41)42-18-21(19-42)33(2,3)43)39-32-37-17-23(34)31(40-32)38-25-8-7-24-29(30(25)45(5)6)36-12-11-35-24/h7-8,11-12,15-17,21-22,43H,9-10,13-14,18-19H2,1-6H3,(H2,37,38,39,40). The van der Waals surface area contributed by atoms with Gasteiger partial charge in [-0.2, -0.15) is 4.98 Å². The zero-order chi connectivity index (χ0) is 31.9. The molecule has 4 aromatic rings. The fourth-order valence-corrected chi connectivity index (χ4v) is 7.85. The molecule has 0 atom stereocenters. The highest BCUT2D eigenvalue weighted by Crippen LogP contribution is 2.38. The van der Waals surface area contributed by atoms with Gasteiger partial charge in [-0.25, -0.2) is 4.98 Å². The average Bonchev–Trinajstić information content (AvgIpc) is 2.97. The van der Waals surface area contributed by atoms with E-state index in [1.165, 1.54) is 11.3 Å². The number of aryl methyl sites for hydroxylation is 1. The van der Waals surface area contributed by atoms with Crippen molar-refractivity contribution in [3.05, 3.63) is 52.9 Å². The Balaban J connectivity index is 1.17. The SMILES string of the molecule is COc1cc(N2CCC(N3CC(C(C)(C)O)C3)CC2)c(C)cc1Nc1ncc(Br)c(Nc2ccc3nccnc3c2P(C)C)n1. The number of benzene rings is 2. The lowest BCUT2D eigenvalue weighted by molar-refractivity contribution is -0.0795. The molecule has 2 fully saturated rings. The molecular weight excluding hydrogens is 651 g/mol. The van der Waals surface area contributed by atoms with Gasteiger partial charge in [0.1, 0.15) is 11.6 Å². The minimum Gasteiger partial charge on any atom is -0.494 e. The van der Waals surface area contributed by atoms with Gasteiger partial charge >= 0.3 is 0 Å². The Labute approximate surface area is 274 Å². The molecule has 2 saturated heterocycles. The molecule has 4 heterocycles. The zero-order valence-electron chi connectivity index (χ0n) is 26.8. The zero-order valence-corrected chi connectivity index (χ0v) is 29.3. The number of likely N-dealkylation sites (tertiary alicyclic amines) is 1. The third kappa shape index (κ3) is 6.73. The van der Waals surface area contributed by atoms with Crippen LogP contribution in [-0.2, 0) is 0 Å². The number of methoxy groups -OCH3 is 1. The average molecular weight is 694 g/mol. The number of nitrogens with one attached hydrogen (secondary N) is 2. The van der Waals surface area contributed by atoms with Gasteiger partial charge in [0.15, 0.2) is 0 Å². The Morgan fingerprint density at radius 2 is 1.76 bits per heavy atom. The van der Waals surface area contributed by atoms with E-state index in [4.69, 9.17) is 9.72 Å². The van der Waals surface area contributed by atoms with Crippen molar-refractivity contribution in [1.29, 1.82) is 0 Å². The first-order chi connectivity index (χ1) is 21.5. The first-order valence-corrected chi connectivity index (χ1v) is 18.4. The summed E-state index contributed by atoms with van der Waals surface area (Å²) in [6.45, 7) is 14.4. The smallest absolute Gasteiger partial charge is 0.229 e. The largest absolute Gasteiger partial charge is 0.494 e. The molecule has 2 aliphatic heterocycles. The maximum absolute atomic E-state index is 10.3. The van der Waals surface area contributed by atoms with Crippen molar-refractivity contribution in [2.75, 3.05) is 62.2 Å². The van der Waals surface area contributed by atoms with Crippen LogP contribution in [0.4, 0.5) is 28.8 Å². The molecule has 0 radical (unpaired) electrons. The van der Waals surface area contributed by atoms with Crippen LogP contribution in [0.5, 0.6) is 5.75 Å². The number of hydrogen-bond donors (Lipinski definition) is 3. The van der Waals surface area contributed by atoms with Gasteiger partial charge < -0.3 is 25.4 Å². The van der Waals surface area contributed by atoms with E-state index in [0.717, 1.165) is 77.0 Å². The summed E-state index contributed by atoms with van der Waals surface area (Å²) in [7, 11) is 1.23. The number of aromatic nitrogens is 4. The van der Waals surface area contributed by atoms with Gasteiger partial charge in [0.2, 0.25) is 5.95 Å². The molecule has 0 aliphatic carbocycles. The normalized spacial score (nSPS) is 16.7. The molecule has 0 bridgehead atoms. The number of halogens is 1. The molecule has 2 aromatic carbocycles. The summed E-state index contributed by atoms with van der Waals surface area (Å²) < 4.78 is 6.61. The van der Waals surface area contributed by atoms with E-state index in [-0.39, 0.29) is 0 Å². The second-order valence-electron chi connectivity index (χ2n) is 12.8. The number of aliphatic hydroxyl groups is 1. The van der Waals surface area contributed by atoms with E-state index >= 15 is 0 Å². The quantitative estimate of drug-likeness (QED) is 0.180. The number of piperidine rings is 1. The van der Waals surface area contributed by atoms with Crippen LogP contribution in [0.15, 0.2) is 47.3 Å². The number of fused-ring (bicyclic) bond motifs is 1. The molecule has 0 spiro atoms. The van der Waals surface area contributed by atoms with Gasteiger partial charge in [0.05, 0.1) is 33.9 Å². The third-order valence-electron chi connectivity index (χ3n) is 9.05. The Bertz CT molecular complexity index is 1680. The molecule has 12 heteroatoms. The summed E-state index contributed by atoms with van der Waals surface area (Å²) in [6, 6.07) is 8.85. The van der Waals surface area contributed by atoms with E-state index in [0.29, 0.717) is 23.7 Å². The van der Waals surface area contributed by atoms with Crippen molar-refractivity contribution in [3.63, 3.8) is 0 Å². The highest BCUT2D eigenvalue weighted by Gasteiger charge is 2.41. The summed E-state index contributed by atoms with van der Waals surface area (Å²) in [5.41, 5.74) is 5.32. The molecular formula is C33H42BrN8O2P. The van der Waals surface area contributed by atoms with Crippen molar-refractivity contribution in [2.24, 2.45) is 5.92 Å². The third-order valence-corrected chi connectivity index (χ3v) is 11.0. The van der Waals surface area contributed by atoms with Crippen molar-refractivity contribution in [3.8, 4) is 5.75 Å². The van der Waals surface area contributed by atoms with Crippen LogP contribution in [-0.4, -0.2) is 88.2 Å². The predicted octanol–water partition coefficient (Wildman–Crippen LogP) is 6.02. The molecule has 0 unspecified atom stereocenters. The molecule has 6 rings (SSSR count). The van der Waals surface area contributed by atoms with Crippen LogP contribution in [0, 0.1) is 12.8 Å². The topological polar surface area (TPSA) is 112 Å². The maximum Gasteiger partial charge on any atom is 0.229 e. The van der Waals surface area contributed by atoms with Gasteiger partial charge in [0.25, 0.3) is 0 Å². The van der Waals surface area contributed by atoms with Crippen LogP contribution < -0.4 is 25.6 Å². The lowest BCUT2D eigenvalue weighted by Gasteiger charge is -2.51. The maximum atomic E-state index is 10.3. The van der Waals surface area contributed by atoms with Crippen LogP contribution in [0.3, 0.4) is 0 Å². The van der Waals surface area contributed by atoms with Gasteiger partial charge in [-0.3, -0.25) is 14.9 Å². The fourth-order valence-electron chi connectivity index (χ4n) is 6.35. The Kier molecular flexibility index (Phi) is 9.17. The Morgan fingerprint density at radius 3 is 2.44 bits per heavy atom. The van der Waals surface area contributed by atoms with E-state index in [1.807, 2.05) is 26.0 Å². The molecule has 0 amide bonds. The highest BCUT2D eigenvalue weighted by atomic mass is 79.9. The minimum atomic E-state index is -0.592. The summed E-state index contributed by atoms with van der Waals surface area (Å²) >= 11 is 3.63. The minimum absolute atomic E-state index is 0.371. The summed E-state index contributed by atoms with van der Waals surface area (Å²) in [6.07, 6.45) is 7.44. The number of ether oxygens (including phenoxy) is 1. The van der Waals surface area contributed by atoms with Gasteiger partial charge in [-0.1, -0.05) is 7.92 Å². The van der Waals surface area contributed by atoms with Crippen LogP contribution in [0.2, 0.25) is 0 Å². The van der Waals surface area contributed by atoms with Gasteiger partial charge in [0, 0.05) is 79.5 Å². The van der Waals surface area contributed by atoms with Crippen LogP contribution >= 0.6 is 23.9 Å². The molecule has 238 valence electrons. The van der Waals surface area contributed by atoms with Gasteiger partial charge in [-0.05, 0) is 86.6 Å². The molecule has 45 heavy (non-hydrogen) atoms.